The smallest absolute Gasteiger partial charge is 0.280 e. The van der Waals surface area contributed by atoms with Gasteiger partial charge >= 0.3 is 0 Å². The molecule has 1 amide bonds. The third kappa shape index (κ3) is 4.05. The molecule has 1 aromatic heterocycles. The number of nitrogens with zero attached hydrogens (tertiary/aromatic N) is 1. The highest BCUT2D eigenvalue weighted by molar-refractivity contribution is 14.1. The number of aromatic nitrogens is 2. The number of carbonyl (C=O) groups excluding carboxylic acids is 1. The van der Waals surface area contributed by atoms with Crippen molar-refractivity contribution >= 4 is 52.7 Å². The molecule has 0 atom stereocenters. The Morgan fingerprint density at radius 2 is 1.88 bits per heavy atom. The Morgan fingerprint density at radius 3 is 2.58 bits per heavy atom. The van der Waals surface area contributed by atoms with E-state index in [0.29, 0.717) is 16.3 Å². The SMILES string of the molecule is C=c1[nH]n(-c2ccc(I)cc2)c(=O)/c1=C\Nc1cccc(NC(C)=O)c1. The van der Waals surface area contributed by atoms with Crippen molar-refractivity contribution in [2.75, 3.05) is 10.6 Å². The average molecular weight is 460 g/mol. The molecule has 26 heavy (non-hydrogen) atoms. The molecule has 3 aromatic rings. The van der Waals surface area contributed by atoms with Gasteiger partial charge in [-0.3, -0.25) is 14.7 Å². The Bertz CT molecular complexity index is 1110. The van der Waals surface area contributed by atoms with Crippen LogP contribution in [-0.2, 0) is 4.79 Å². The standard InChI is InChI=1S/C19H17IN4O2/c1-12-18(11-21-15-4-3-5-16(10-15)22-13(2)25)19(26)24(23-12)17-8-6-14(20)7-9-17/h3-11,21,23H,1H2,2H3,(H,22,25)/b18-11-. The molecule has 3 rings (SSSR count). The second-order valence-corrected chi connectivity index (χ2v) is 6.92. The van der Waals surface area contributed by atoms with Gasteiger partial charge in [-0.2, -0.15) is 0 Å². The number of anilines is 2. The first-order valence-electron chi connectivity index (χ1n) is 7.84. The van der Waals surface area contributed by atoms with Crippen molar-refractivity contribution in [3.63, 3.8) is 0 Å². The largest absolute Gasteiger partial charge is 0.361 e. The van der Waals surface area contributed by atoms with Crippen molar-refractivity contribution in [3.05, 3.63) is 73.0 Å². The van der Waals surface area contributed by atoms with Gasteiger partial charge in [0.25, 0.3) is 5.56 Å². The van der Waals surface area contributed by atoms with Crippen molar-refractivity contribution in [2.45, 2.75) is 6.92 Å². The zero-order valence-corrected chi connectivity index (χ0v) is 16.2. The van der Waals surface area contributed by atoms with Crippen molar-refractivity contribution in [2.24, 2.45) is 0 Å². The van der Waals surface area contributed by atoms with E-state index < -0.39 is 0 Å². The van der Waals surface area contributed by atoms with Crippen molar-refractivity contribution in [3.8, 4) is 5.69 Å². The Morgan fingerprint density at radius 1 is 1.19 bits per heavy atom. The summed E-state index contributed by atoms with van der Waals surface area (Å²) in [6.07, 6.45) is 1.61. The predicted molar refractivity (Wildman–Crippen MR) is 113 cm³/mol. The molecule has 7 heteroatoms. The van der Waals surface area contributed by atoms with Crippen molar-refractivity contribution in [1.29, 1.82) is 0 Å². The molecule has 0 saturated carbocycles. The van der Waals surface area contributed by atoms with Gasteiger partial charge in [-0.1, -0.05) is 12.6 Å². The van der Waals surface area contributed by atoms with Gasteiger partial charge in [-0.15, -0.1) is 0 Å². The number of nitrogens with one attached hydrogen (secondary N) is 3. The van der Waals surface area contributed by atoms with E-state index in [1.807, 2.05) is 36.4 Å². The van der Waals surface area contributed by atoms with Gasteiger partial charge in [0, 0.05) is 28.1 Å². The minimum Gasteiger partial charge on any atom is -0.361 e. The molecule has 0 aliphatic heterocycles. The first-order chi connectivity index (χ1) is 12.4. The van der Waals surface area contributed by atoms with Crippen LogP contribution in [0.2, 0.25) is 0 Å². The Balaban J connectivity index is 1.93. The second kappa shape index (κ2) is 7.61. The number of benzene rings is 2. The highest BCUT2D eigenvalue weighted by Gasteiger charge is 2.04. The Labute approximate surface area is 163 Å². The summed E-state index contributed by atoms with van der Waals surface area (Å²) < 4.78 is 2.55. The molecule has 132 valence electrons. The summed E-state index contributed by atoms with van der Waals surface area (Å²) >= 11 is 2.21. The molecule has 0 bridgehead atoms. The fraction of sp³-hybridized carbons (Fsp3) is 0.0526. The van der Waals surface area contributed by atoms with E-state index >= 15 is 0 Å². The van der Waals surface area contributed by atoms with Crippen LogP contribution in [0.4, 0.5) is 11.4 Å². The third-order valence-corrected chi connectivity index (χ3v) is 4.38. The number of rotatable bonds is 4. The van der Waals surface area contributed by atoms with E-state index in [4.69, 9.17) is 0 Å². The summed E-state index contributed by atoms with van der Waals surface area (Å²) in [7, 11) is 0. The molecule has 1 heterocycles. The predicted octanol–water partition coefficient (Wildman–Crippen LogP) is 1.99. The molecule has 0 unspecified atom stereocenters. The normalized spacial score (nSPS) is 11.4. The van der Waals surface area contributed by atoms with E-state index in [1.54, 1.807) is 18.3 Å². The maximum absolute atomic E-state index is 12.7. The quantitative estimate of drug-likeness (QED) is 0.522. The zero-order chi connectivity index (χ0) is 18.7. The number of hydrogen-bond donors (Lipinski definition) is 3. The van der Waals surface area contributed by atoms with Gasteiger partial charge in [-0.25, -0.2) is 4.68 Å². The summed E-state index contributed by atoms with van der Waals surface area (Å²) in [5.74, 6) is -0.141. The lowest BCUT2D eigenvalue weighted by Gasteiger charge is -2.05. The Hall–Kier alpha value is -2.81. The summed E-state index contributed by atoms with van der Waals surface area (Å²) in [5, 5.41) is 9.73. The number of H-pyrrole nitrogens is 1. The molecule has 0 fully saturated rings. The van der Waals surface area contributed by atoms with Crippen LogP contribution >= 0.6 is 22.6 Å². The van der Waals surface area contributed by atoms with E-state index in [9.17, 15) is 9.59 Å². The molecule has 0 saturated heterocycles. The highest BCUT2D eigenvalue weighted by Crippen LogP contribution is 2.14. The van der Waals surface area contributed by atoms with Crippen LogP contribution in [0, 0.1) is 3.57 Å². The van der Waals surface area contributed by atoms with Crippen LogP contribution in [0.3, 0.4) is 0 Å². The van der Waals surface area contributed by atoms with Gasteiger partial charge in [0.2, 0.25) is 5.91 Å². The van der Waals surface area contributed by atoms with E-state index in [0.717, 1.165) is 14.9 Å². The van der Waals surface area contributed by atoms with Crippen LogP contribution in [0.25, 0.3) is 18.5 Å². The number of aromatic amines is 1. The van der Waals surface area contributed by atoms with E-state index in [-0.39, 0.29) is 11.5 Å². The summed E-state index contributed by atoms with van der Waals surface area (Å²) in [6, 6.07) is 14.8. The van der Waals surface area contributed by atoms with Crippen LogP contribution in [0.5, 0.6) is 0 Å². The number of halogens is 1. The number of amides is 1. The molecular weight excluding hydrogens is 443 g/mol. The summed E-state index contributed by atoms with van der Waals surface area (Å²) in [4.78, 5) is 23.8. The van der Waals surface area contributed by atoms with Crippen LogP contribution in [0.15, 0.2) is 53.3 Å². The first kappa shape index (κ1) is 18.0. The first-order valence-corrected chi connectivity index (χ1v) is 8.92. The van der Waals surface area contributed by atoms with Gasteiger partial charge < -0.3 is 10.6 Å². The third-order valence-electron chi connectivity index (χ3n) is 3.66. The molecule has 6 nitrogen and oxygen atoms in total. The van der Waals surface area contributed by atoms with Gasteiger partial charge in [0.05, 0.1) is 16.3 Å². The van der Waals surface area contributed by atoms with Crippen molar-refractivity contribution in [1.82, 2.24) is 9.78 Å². The van der Waals surface area contributed by atoms with Gasteiger partial charge in [0.1, 0.15) is 0 Å². The van der Waals surface area contributed by atoms with Gasteiger partial charge in [-0.05, 0) is 65.1 Å². The molecule has 3 N–H and O–H groups in total. The number of hydrogen-bond acceptors (Lipinski definition) is 3. The van der Waals surface area contributed by atoms with Gasteiger partial charge in [0.15, 0.2) is 0 Å². The number of carbonyl (C=O) groups is 1. The fourth-order valence-electron chi connectivity index (χ4n) is 2.46. The lowest BCUT2D eigenvalue weighted by molar-refractivity contribution is -0.114. The van der Waals surface area contributed by atoms with Crippen LogP contribution in [0.1, 0.15) is 6.92 Å². The molecule has 0 aliphatic carbocycles. The zero-order valence-electron chi connectivity index (χ0n) is 14.0. The van der Waals surface area contributed by atoms with Crippen LogP contribution in [-0.4, -0.2) is 15.7 Å². The molecule has 0 aliphatic rings. The highest BCUT2D eigenvalue weighted by atomic mass is 127. The molecular formula is C19H17IN4O2. The molecule has 2 aromatic carbocycles. The Kier molecular flexibility index (Phi) is 5.27. The average Bonchev–Trinajstić information content (AvgIpc) is 2.88. The maximum Gasteiger partial charge on any atom is 0.280 e. The van der Waals surface area contributed by atoms with Crippen molar-refractivity contribution < 1.29 is 4.79 Å². The van der Waals surface area contributed by atoms with Crippen LogP contribution < -0.4 is 26.8 Å². The second-order valence-electron chi connectivity index (χ2n) is 5.67. The maximum atomic E-state index is 12.7. The van der Waals surface area contributed by atoms with E-state index in [2.05, 4.69) is 44.9 Å². The fourth-order valence-corrected chi connectivity index (χ4v) is 2.82. The topological polar surface area (TPSA) is 78.9 Å². The molecule has 0 spiro atoms. The lowest BCUT2D eigenvalue weighted by Crippen LogP contribution is -2.34. The summed E-state index contributed by atoms with van der Waals surface area (Å²) in [6.45, 7) is 5.36. The monoisotopic (exact) mass is 460 g/mol. The lowest BCUT2D eigenvalue weighted by atomic mass is 10.2. The summed E-state index contributed by atoms with van der Waals surface area (Å²) in [5.41, 5.74) is 1.97. The van der Waals surface area contributed by atoms with E-state index in [1.165, 1.54) is 11.6 Å². The minimum absolute atomic E-state index is 0.141. The minimum atomic E-state index is -0.193. The molecule has 0 radical (unpaired) electrons.